The van der Waals surface area contributed by atoms with Gasteiger partial charge in [-0.3, -0.25) is 4.90 Å². The Kier molecular flexibility index (Phi) is 7.08. The maximum absolute atomic E-state index is 5.66. The van der Waals surface area contributed by atoms with Gasteiger partial charge in [-0.15, -0.1) is 0 Å². The lowest BCUT2D eigenvalue weighted by atomic mass is 10.3. The standard InChI is InChI=1S/C12H17Br2NO/c1-2-15(8-7-13)9-10-16-12-5-3-11(14)4-6-12/h3-6H,2,7-10H2,1H3. The van der Waals surface area contributed by atoms with Gasteiger partial charge in [0.15, 0.2) is 0 Å². The summed E-state index contributed by atoms with van der Waals surface area (Å²) in [6, 6.07) is 7.94. The van der Waals surface area contributed by atoms with Gasteiger partial charge in [0.2, 0.25) is 0 Å². The summed E-state index contributed by atoms with van der Waals surface area (Å²) in [5, 5.41) is 1.01. The molecule has 90 valence electrons. The molecule has 4 heteroatoms. The van der Waals surface area contributed by atoms with Gasteiger partial charge in [0.05, 0.1) is 0 Å². The van der Waals surface area contributed by atoms with Crippen molar-refractivity contribution in [3.63, 3.8) is 0 Å². The van der Waals surface area contributed by atoms with Crippen LogP contribution in [0.15, 0.2) is 28.7 Å². The Morgan fingerprint density at radius 1 is 1.19 bits per heavy atom. The molecule has 0 aliphatic rings. The summed E-state index contributed by atoms with van der Waals surface area (Å²) in [4.78, 5) is 2.35. The van der Waals surface area contributed by atoms with Gasteiger partial charge >= 0.3 is 0 Å². The van der Waals surface area contributed by atoms with Crippen LogP contribution in [0.2, 0.25) is 0 Å². The highest BCUT2D eigenvalue weighted by atomic mass is 79.9. The number of hydrogen-bond acceptors (Lipinski definition) is 2. The fourth-order valence-corrected chi connectivity index (χ4v) is 2.14. The lowest BCUT2D eigenvalue weighted by Crippen LogP contribution is -2.29. The molecule has 1 aromatic rings. The minimum atomic E-state index is 0.739. The molecule has 0 fully saturated rings. The normalized spacial score (nSPS) is 10.8. The molecule has 0 aromatic heterocycles. The van der Waals surface area contributed by atoms with Crippen molar-refractivity contribution in [3.05, 3.63) is 28.7 Å². The Morgan fingerprint density at radius 2 is 1.88 bits per heavy atom. The molecule has 0 spiro atoms. The lowest BCUT2D eigenvalue weighted by molar-refractivity contribution is 0.224. The molecule has 0 unspecified atom stereocenters. The van der Waals surface area contributed by atoms with Gasteiger partial charge in [-0.2, -0.15) is 0 Å². The van der Waals surface area contributed by atoms with Crippen molar-refractivity contribution >= 4 is 31.9 Å². The number of ether oxygens (including phenoxy) is 1. The minimum absolute atomic E-state index is 0.739. The Bertz CT molecular complexity index is 290. The van der Waals surface area contributed by atoms with E-state index in [9.17, 15) is 0 Å². The first-order chi connectivity index (χ1) is 7.76. The van der Waals surface area contributed by atoms with Gasteiger partial charge in [-0.25, -0.2) is 0 Å². The van der Waals surface area contributed by atoms with Gasteiger partial charge in [0.25, 0.3) is 0 Å². The van der Waals surface area contributed by atoms with Gasteiger partial charge in [-0.1, -0.05) is 38.8 Å². The number of nitrogens with zero attached hydrogens (tertiary/aromatic N) is 1. The quantitative estimate of drug-likeness (QED) is 0.697. The van der Waals surface area contributed by atoms with E-state index in [2.05, 4.69) is 43.7 Å². The molecule has 0 bridgehead atoms. The van der Waals surface area contributed by atoms with E-state index in [1.54, 1.807) is 0 Å². The van der Waals surface area contributed by atoms with Crippen molar-refractivity contribution in [2.45, 2.75) is 6.92 Å². The van der Waals surface area contributed by atoms with Crippen LogP contribution in [0.3, 0.4) is 0 Å². The lowest BCUT2D eigenvalue weighted by Gasteiger charge is -2.19. The molecule has 2 nitrogen and oxygen atoms in total. The predicted octanol–water partition coefficient (Wildman–Crippen LogP) is 3.54. The molecular weight excluding hydrogens is 334 g/mol. The van der Waals surface area contributed by atoms with Crippen LogP contribution in [-0.4, -0.2) is 36.5 Å². The van der Waals surface area contributed by atoms with Gasteiger partial charge in [0.1, 0.15) is 12.4 Å². The summed E-state index contributed by atoms with van der Waals surface area (Å²) in [5.41, 5.74) is 0. The van der Waals surface area contributed by atoms with E-state index in [1.807, 2.05) is 24.3 Å². The third kappa shape index (κ3) is 5.32. The van der Waals surface area contributed by atoms with Crippen LogP contribution in [0.25, 0.3) is 0 Å². The van der Waals surface area contributed by atoms with Gasteiger partial charge < -0.3 is 4.74 Å². The predicted molar refractivity (Wildman–Crippen MR) is 75.5 cm³/mol. The zero-order valence-corrected chi connectivity index (χ0v) is 12.6. The van der Waals surface area contributed by atoms with Crippen LogP contribution in [0.1, 0.15) is 6.92 Å². The largest absolute Gasteiger partial charge is 0.492 e. The van der Waals surface area contributed by atoms with Crippen LogP contribution < -0.4 is 4.74 Å². The van der Waals surface area contributed by atoms with Crippen LogP contribution >= 0.6 is 31.9 Å². The van der Waals surface area contributed by atoms with E-state index in [0.717, 1.165) is 41.8 Å². The number of likely N-dealkylation sites (N-methyl/N-ethyl adjacent to an activating group) is 1. The second-order valence-corrected chi connectivity index (χ2v) is 5.13. The summed E-state index contributed by atoms with van der Waals surface area (Å²) in [6.45, 7) is 6.01. The highest BCUT2D eigenvalue weighted by Gasteiger charge is 2.01. The first kappa shape index (κ1) is 14.0. The monoisotopic (exact) mass is 349 g/mol. The fourth-order valence-electron chi connectivity index (χ4n) is 1.37. The van der Waals surface area contributed by atoms with E-state index in [1.165, 1.54) is 0 Å². The first-order valence-electron chi connectivity index (χ1n) is 5.43. The number of rotatable bonds is 7. The van der Waals surface area contributed by atoms with Crippen molar-refractivity contribution in [3.8, 4) is 5.75 Å². The number of hydrogen-bond donors (Lipinski definition) is 0. The van der Waals surface area contributed by atoms with Crippen LogP contribution in [-0.2, 0) is 0 Å². The average Bonchev–Trinajstić information content (AvgIpc) is 2.30. The highest BCUT2D eigenvalue weighted by Crippen LogP contribution is 2.15. The molecule has 0 aliphatic carbocycles. The molecule has 0 heterocycles. The van der Waals surface area contributed by atoms with Crippen LogP contribution in [0, 0.1) is 0 Å². The van der Waals surface area contributed by atoms with Crippen molar-refractivity contribution in [2.75, 3.05) is 31.6 Å². The third-order valence-electron chi connectivity index (χ3n) is 2.34. The smallest absolute Gasteiger partial charge is 0.119 e. The Labute approximate surface area is 114 Å². The van der Waals surface area contributed by atoms with Crippen LogP contribution in [0.5, 0.6) is 5.75 Å². The maximum Gasteiger partial charge on any atom is 0.119 e. The van der Waals surface area contributed by atoms with E-state index >= 15 is 0 Å². The highest BCUT2D eigenvalue weighted by molar-refractivity contribution is 9.10. The molecule has 0 saturated heterocycles. The van der Waals surface area contributed by atoms with Gasteiger partial charge in [0, 0.05) is 22.9 Å². The van der Waals surface area contributed by atoms with E-state index in [0.29, 0.717) is 0 Å². The molecule has 0 aliphatic heterocycles. The number of halogens is 2. The molecule has 0 saturated carbocycles. The molecule has 1 rings (SSSR count). The van der Waals surface area contributed by atoms with Crippen LogP contribution in [0.4, 0.5) is 0 Å². The third-order valence-corrected chi connectivity index (χ3v) is 3.22. The Balaban J connectivity index is 2.26. The minimum Gasteiger partial charge on any atom is -0.492 e. The van der Waals surface area contributed by atoms with Crippen molar-refractivity contribution in [1.29, 1.82) is 0 Å². The topological polar surface area (TPSA) is 12.5 Å². The maximum atomic E-state index is 5.66. The fraction of sp³-hybridized carbons (Fsp3) is 0.500. The second-order valence-electron chi connectivity index (χ2n) is 3.43. The Hall–Kier alpha value is -0.0600. The molecule has 1 aromatic carbocycles. The Morgan fingerprint density at radius 3 is 2.44 bits per heavy atom. The summed E-state index contributed by atoms with van der Waals surface area (Å²) in [5.74, 6) is 0.929. The van der Waals surface area contributed by atoms with Crippen molar-refractivity contribution in [1.82, 2.24) is 4.90 Å². The summed E-state index contributed by atoms with van der Waals surface area (Å²) in [6.07, 6.45) is 0. The van der Waals surface area contributed by atoms with Crippen molar-refractivity contribution < 1.29 is 4.74 Å². The SMILES string of the molecule is CCN(CCBr)CCOc1ccc(Br)cc1. The van der Waals surface area contributed by atoms with E-state index in [4.69, 9.17) is 4.74 Å². The summed E-state index contributed by atoms with van der Waals surface area (Å²) >= 11 is 6.85. The second kappa shape index (κ2) is 8.09. The van der Waals surface area contributed by atoms with E-state index in [-0.39, 0.29) is 0 Å². The zero-order chi connectivity index (χ0) is 11.8. The number of alkyl halides is 1. The van der Waals surface area contributed by atoms with Gasteiger partial charge in [-0.05, 0) is 30.8 Å². The molecule has 0 amide bonds. The molecule has 0 N–H and O–H groups in total. The average molecular weight is 351 g/mol. The summed E-state index contributed by atoms with van der Waals surface area (Å²) < 4.78 is 6.74. The summed E-state index contributed by atoms with van der Waals surface area (Å²) in [7, 11) is 0. The zero-order valence-electron chi connectivity index (χ0n) is 9.46. The number of benzene rings is 1. The van der Waals surface area contributed by atoms with E-state index < -0.39 is 0 Å². The molecule has 0 radical (unpaired) electrons. The first-order valence-corrected chi connectivity index (χ1v) is 7.34. The molecule has 0 atom stereocenters. The molecular formula is C12H17Br2NO. The molecule has 16 heavy (non-hydrogen) atoms. The van der Waals surface area contributed by atoms with Crippen molar-refractivity contribution in [2.24, 2.45) is 0 Å².